The molecule has 0 heterocycles. The van der Waals surface area contributed by atoms with Crippen molar-refractivity contribution in [2.75, 3.05) is 26.5 Å². The van der Waals surface area contributed by atoms with Crippen LogP contribution in [0, 0.1) is 0 Å². The van der Waals surface area contributed by atoms with E-state index in [2.05, 4.69) is 10.0 Å². The number of carbonyl (C=O) groups excluding carboxylic acids is 1. The minimum absolute atomic E-state index is 0.0183. The summed E-state index contributed by atoms with van der Waals surface area (Å²) >= 11 is 0. The maximum absolute atomic E-state index is 12.1. The zero-order valence-electron chi connectivity index (χ0n) is 15.2. The minimum atomic E-state index is -3.45. The number of methoxy groups -OCH3 is 1. The van der Waals surface area contributed by atoms with Crippen molar-refractivity contribution in [3.8, 4) is 5.75 Å². The molecule has 142 valence electrons. The normalized spacial score (nSPS) is 12.8. The third-order valence-corrected chi connectivity index (χ3v) is 4.07. The third-order valence-electron chi connectivity index (χ3n) is 3.36. The van der Waals surface area contributed by atoms with Crippen molar-refractivity contribution in [1.82, 2.24) is 10.0 Å². The van der Waals surface area contributed by atoms with Crippen molar-refractivity contribution in [3.63, 3.8) is 0 Å². The molecule has 0 spiro atoms. The van der Waals surface area contributed by atoms with Crippen molar-refractivity contribution in [2.24, 2.45) is 0 Å². The van der Waals surface area contributed by atoms with Gasteiger partial charge in [0.2, 0.25) is 15.9 Å². The van der Waals surface area contributed by atoms with E-state index in [-0.39, 0.29) is 18.4 Å². The Morgan fingerprint density at radius 3 is 2.36 bits per heavy atom. The largest absolute Gasteiger partial charge is 0.497 e. The second kappa shape index (κ2) is 10.4. The fourth-order valence-corrected chi connectivity index (χ4v) is 2.94. The van der Waals surface area contributed by atoms with Crippen molar-refractivity contribution in [3.05, 3.63) is 29.8 Å². The first-order valence-corrected chi connectivity index (χ1v) is 10.1. The van der Waals surface area contributed by atoms with E-state index in [4.69, 9.17) is 9.47 Å². The fraction of sp³-hybridized carbons (Fsp3) is 0.588. The number of ether oxygens (including phenoxy) is 2. The summed E-state index contributed by atoms with van der Waals surface area (Å²) in [5.74, 6) is 0.443. The van der Waals surface area contributed by atoms with E-state index in [1.54, 1.807) is 31.4 Å². The average molecular weight is 372 g/mol. The van der Waals surface area contributed by atoms with Crippen LogP contribution in [0.25, 0.3) is 0 Å². The third kappa shape index (κ3) is 9.42. The molecule has 1 aromatic carbocycles. The number of rotatable bonds is 11. The van der Waals surface area contributed by atoms with Gasteiger partial charge in [-0.15, -0.1) is 0 Å². The summed E-state index contributed by atoms with van der Waals surface area (Å²) in [4.78, 5) is 12.1. The zero-order chi connectivity index (χ0) is 18.9. The SMILES string of the molecule is COc1ccc([C@@H](CC(=O)NCCCOC(C)C)NS(C)(=O)=O)cc1. The van der Waals surface area contributed by atoms with Gasteiger partial charge in [-0.05, 0) is 38.0 Å². The lowest BCUT2D eigenvalue weighted by Crippen LogP contribution is -2.33. The highest BCUT2D eigenvalue weighted by Crippen LogP contribution is 2.21. The van der Waals surface area contributed by atoms with E-state index < -0.39 is 16.1 Å². The Balaban J connectivity index is 2.62. The van der Waals surface area contributed by atoms with E-state index in [9.17, 15) is 13.2 Å². The molecule has 0 saturated heterocycles. The standard InChI is InChI=1S/C17H28N2O5S/c1-13(2)24-11-5-10-18-17(20)12-16(19-25(4,21)22)14-6-8-15(23-3)9-7-14/h6-9,13,16,19H,5,10-12H2,1-4H3,(H,18,20)/t16-/m1/s1. The van der Waals surface area contributed by atoms with Gasteiger partial charge in [0.1, 0.15) is 5.75 Å². The van der Waals surface area contributed by atoms with Crippen LogP contribution in [-0.2, 0) is 19.6 Å². The monoisotopic (exact) mass is 372 g/mol. The molecular formula is C17H28N2O5S. The minimum Gasteiger partial charge on any atom is -0.497 e. The summed E-state index contributed by atoms with van der Waals surface area (Å²) in [5.41, 5.74) is 0.699. The maximum atomic E-state index is 12.1. The molecule has 0 aliphatic heterocycles. The summed E-state index contributed by atoms with van der Waals surface area (Å²) in [6, 6.07) is 6.31. The molecule has 0 aliphatic rings. The molecule has 0 bridgehead atoms. The van der Waals surface area contributed by atoms with Gasteiger partial charge in [-0.1, -0.05) is 12.1 Å². The average Bonchev–Trinajstić information content (AvgIpc) is 2.52. The van der Waals surface area contributed by atoms with E-state index in [0.717, 1.165) is 6.26 Å². The molecule has 0 saturated carbocycles. The lowest BCUT2D eigenvalue weighted by Gasteiger charge is -2.18. The van der Waals surface area contributed by atoms with Gasteiger partial charge >= 0.3 is 0 Å². The van der Waals surface area contributed by atoms with Gasteiger partial charge < -0.3 is 14.8 Å². The Bertz CT molecular complexity index is 629. The second-order valence-electron chi connectivity index (χ2n) is 6.04. The van der Waals surface area contributed by atoms with Crippen LogP contribution >= 0.6 is 0 Å². The van der Waals surface area contributed by atoms with Crippen molar-refractivity contribution in [2.45, 2.75) is 38.8 Å². The van der Waals surface area contributed by atoms with Gasteiger partial charge in [-0.3, -0.25) is 4.79 Å². The first-order chi connectivity index (χ1) is 11.7. The molecule has 1 amide bonds. The molecule has 1 atom stereocenters. The van der Waals surface area contributed by atoms with Crippen LogP contribution in [0.3, 0.4) is 0 Å². The molecule has 1 aromatic rings. The Hall–Kier alpha value is -1.64. The Labute approximate surface area is 150 Å². The predicted molar refractivity (Wildman–Crippen MR) is 97.0 cm³/mol. The topological polar surface area (TPSA) is 93.7 Å². The lowest BCUT2D eigenvalue weighted by molar-refractivity contribution is -0.121. The van der Waals surface area contributed by atoms with Crippen LogP contribution in [0.5, 0.6) is 5.75 Å². The fourth-order valence-electron chi connectivity index (χ4n) is 2.20. The summed E-state index contributed by atoms with van der Waals surface area (Å²) in [6.07, 6.45) is 1.96. The Kier molecular flexibility index (Phi) is 8.88. The Morgan fingerprint density at radius 2 is 1.84 bits per heavy atom. The molecule has 0 aliphatic carbocycles. The molecule has 7 nitrogen and oxygen atoms in total. The van der Waals surface area contributed by atoms with Crippen LogP contribution in [-0.4, -0.2) is 46.9 Å². The van der Waals surface area contributed by atoms with Crippen molar-refractivity contribution < 1.29 is 22.7 Å². The highest BCUT2D eigenvalue weighted by atomic mass is 32.2. The van der Waals surface area contributed by atoms with Gasteiger partial charge in [0.15, 0.2) is 0 Å². The van der Waals surface area contributed by atoms with Gasteiger partial charge in [-0.25, -0.2) is 13.1 Å². The number of amides is 1. The summed E-state index contributed by atoms with van der Waals surface area (Å²) < 4.78 is 36.2. The molecule has 0 unspecified atom stereocenters. The summed E-state index contributed by atoms with van der Waals surface area (Å²) in [5, 5.41) is 2.79. The number of carbonyl (C=O) groups is 1. The van der Waals surface area contributed by atoms with Gasteiger partial charge in [0, 0.05) is 19.6 Å². The molecular weight excluding hydrogens is 344 g/mol. The highest BCUT2D eigenvalue weighted by molar-refractivity contribution is 7.88. The molecule has 0 fully saturated rings. The maximum Gasteiger partial charge on any atom is 0.221 e. The number of sulfonamides is 1. The van der Waals surface area contributed by atoms with Crippen LogP contribution < -0.4 is 14.8 Å². The zero-order valence-corrected chi connectivity index (χ0v) is 16.1. The van der Waals surface area contributed by atoms with Crippen LogP contribution in [0.15, 0.2) is 24.3 Å². The van der Waals surface area contributed by atoms with E-state index in [1.165, 1.54) is 0 Å². The summed E-state index contributed by atoms with van der Waals surface area (Å²) in [7, 11) is -1.90. The molecule has 2 N–H and O–H groups in total. The van der Waals surface area contributed by atoms with Gasteiger partial charge in [0.05, 0.1) is 25.5 Å². The molecule has 1 rings (SSSR count). The number of benzene rings is 1. The molecule has 0 aromatic heterocycles. The van der Waals surface area contributed by atoms with Crippen LogP contribution in [0.4, 0.5) is 0 Å². The van der Waals surface area contributed by atoms with E-state index >= 15 is 0 Å². The van der Waals surface area contributed by atoms with Crippen LogP contribution in [0.1, 0.15) is 38.3 Å². The quantitative estimate of drug-likeness (QED) is 0.576. The number of nitrogens with one attached hydrogen (secondary N) is 2. The molecule has 25 heavy (non-hydrogen) atoms. The predicted octanol–water partition coefficient (Wildman–Crippen LogP) is 1.61. The van der Waals surface area contributed by atoms with E-state index in [0.29, 0.717) is 30.9 Å². The first-order valence-electron chi connectivity index (χ1n) is 8.21. The van der Waals surface area contributed by atoms with Gasteiger partial charge in [-0.2, -0.15) is 0 Å². The molecule has 8 heteroatoms. The lowest BCUT2D eigenvalue weighted by atomic mass is 10.0. The number of hydrogen-bond acceptors (Lipinski definition) is 5. The second-order valence-corrected chi connectivity index (χ2v) is 7.82. The number of hydrogen-bond donors (Lipinski definition) is 2. The Morgan fingerprint density at radius 1 is 1.20 bits per heavy atom. The van der Waals surface area contributed by atoms with Crippen molar-refractivity contribution >= 4 is 15.9 Å². The molecule has 0 radical (unpaired) electrons. The summed E-state index contributed by atoms with van der Waals surface area (Å²) in [6.45, 7) is 4.96. The van der Waals surface area contributed by atoms with Gasteiger partial charge in [0.25, 0.3) is 0 Å². The first kappa shape index (κ1) is 21.4. The van der Waals surface area contributed by atoms with E-state index in [1.807, 2.05) is 13.8 Å². The van der Waals surface area contributed by atoms with Crippen LogP contribution in [0.2, 0.25) is 0 Å². The smallest absolute Gasteiger partial charge is 0.221 e. The highest BCUT2D eigenvalue weighted by Gasteiger charge is 2.19. The van der Waals surface area contributed by atoms with Crippen molar-refractivity contribution in [1.29, 1.82) is 0 Å².